The Kier molecular flexibility index (Phi) is 7.99. The van der Waals surface area contributed by atoms with Gasteiger partial charge in [-0.25, -0.2) is 0 Å². The van der Waals surface area contributed by atoms with Gasteiger partial charge in [-0.15, -0.1) is 0 Å². The highest BCUT2D eigenvalue weighted by atomic mass is 35.5. The minimum Gasteiger partial charge on any atom is -0.494 e. The highest BCUT2D eigenvalue weighted by Gasteiger charge is 2.02. The monoisotopic (exact) mass is 363 g/mol. The summed E-state index contributed by atoms with van der Waals surface area (Å²) in [6.07, 6.45) is 1.99. The molecule has 0 aliphatic rings. The van der Waals surface area contributed by atoms with Crippen LogP contribution in [0.3, 0.4) is 0 Å². The maximum Gasteiger partial charge on any atom is 0.234 e. The summed E-state index contributed by atoms with van der Waals surface area (Å²) in [6, 6.07) is 15.2. The number of amides is 1. The number of aryl methyl sites for hydroxylation is 1. The van der Waals surface area contributed by atoms with Gasteiger partial charge in [-0.2, -0.15) is 11.8 Å². The SMILES string of the molecule is Cc1cccc(NC(=O)CSCCCCOc2ccc(Cl)cc2)c1. The Morgan fingerprint density at radius 3 is 2.71 bits per heavy atom. The van der Waals surface area contributed by atoms with Crippen LogP contribution in [0.1, 0.15) is 18.4 Å². The van der Waals surface area contributed by atoms with Gasteiger partial charge in [0.15, 0.2) is 0 Å². The molecule has 0 aromatic heterocycles. The minimum atomic E-state index is 0.0445. The lowest BCUT2D eigenvalue weighted by Crippen LogP contribution is -2.14. The van der Waals surface area contributed by atoms with E-state index in [0.29, 0.717) is 17.4 Å². The van der Waals surface area contributed by atoms with Gasteiger partial charge in [0.1, 0.15) is 5.75 Å². The molecule has 24 heavy (non-hydrogen) atoms. The van der Waals surface area contributed by atoms with Crippen LogP contribution in [0, 0.1) is 6.92 Å². The number of carbonyl (C=O) groups is 1. The topological polar surface area (TPSA) is 38.3 Å². The van der Waals surface area contributed by atoms with Crippen LogP contribution in [0.5, 0.6) is 5.75 Å². The fraction of sp³-hybridized carbons (Fsp3) is 0.316. The molecule has 2 aromatic carbocycles. The van der Waals surface area contributed by atoms with Crippen molar-refractivity contribution in [2.45, 2.75) is 19.8 Å². The first-order valence-corrected chi connectivity index (χ1v) is 9.49. The van der Waals surface area contributed by atoms with Crippen LogP contribution in [0.15, 0.2) is 48.5 Å². The number of anilines is 1. The zero-order valence-corrected chi connectivity index (χ0v) is 15.3. The molecule has 0 fully saturated rings. The van der Waals surface area contributed by atoms with Crippen LogP contribution in [-0.2, 0) is 4.79 Å². The molecule has 3 nitrogen and oxygen atoms in total. The van der Waals surface area contributed by atoms with Gasteiger partial charge in [-0.3, -0.25) is 4.79 Å². The van der Waals surface area contributed by atoms with Gasteiger partial charge in [-0.1, -0.05) is 23.7 Å². The van der Waals surface area contributed by atoms with Crippen LogP contribution in [0.4, 0.5) is 5.69 Å². The van der Waals surface area contributed by atoms with Crippen molar-refractivity contribution in [3.63, 3.8) is 0 Å². The van der Waals surface area contributed by atoms with Gasteiger partial charge in [0.2, 0.25) is 5.91 Å². The first-order chi connectivity index (χ1) is 11.6. The van der Waals surface area contributed by atoms with Crippen molar-refractivity contribution in [1.82, 2.24) is 0 Å². The molecule has 2 rings (SSSR count). The Morgan fingerprint density at radius 1 is 1.17 bits per heavy atom. The first kappa shape index (κ1) is 18.7. The lowest BCUT2D eigenvalue weighted by Gasteiger charge is -2.07. The van der Waals surface area contributed by atoms with Crippen LogP contribution >= 0.6 is 23.4 Å². The van der Waals surface area contributed by atoms with E-state index >= 15 is 0 Å². The fourth-order valence-corrected chi connectivity index (χ4v) is 3.05. The van der Waals surface area contributed by atoms with E-state index < -0.39 is 0 Å². The molecule has 2 aromatic rings. The summed E-state index contributed by atoms with van der Waals surface area (Å²) >= 11 is 7.47. The molecule has 0 unspecified atom stereocenters. The highest BCUT2D eigenvalue weighted by Crippen LogP contribution is 2.16. The van der Waals surface area contributed by atoms with E-state index in [-0.39, 0.29) is 5.91 Å². The van der Waals surface area contributed by atoms with E-state index in [4.69, 9.17) is 16.3 Å². The smallest absolute Gasteiger partial charge is 0.234 e. The molecule has 0 aliphatic carbocycles. The molecule has 128 valence electrons. The number of benzene rings is 2. The number of carbonyl (C=O) groups excluding carboxylic acids is 1. The molecular formula is C19H22ClNO2S. The second-order valence-corrected chi connectivity index (χ2v) is 7.02. The summed E-state index contributed by atoms with van der Waals surface area (Å²) in [5, 5.41) is 3.63. The van der Waals surface area contributed by atoms with E-state index in [0.717, 1.165) is 35.6 Å². The Hall–Kier alpha value is -1.65. The summed E-state index contributed by atoms with van der Waals surface area (Å²) in [6.45, 7) is 2.69. The Labute approximate surface area is 152 Å². The molecule has 1 amide bonds. The van der Waals surface area contributed by atoms with E-state index in [2.05, 4.69) is 5.32 Å². The average Bonchev–Trinajstić information content (AvgIpc) is 2.55. The quantitative estimate of drug-likeness (QED) is 0.624. The van der Waals surface area contributed by atoms with Crippen LogP contribution in [0.2, 0.25) is 5.02 Å². The number of halogens is 1. The normalized spacial score (nSPS) is 10.4. The van der Waals surface area contributed by atoms with E-state index in [1.54, 1.807) is 11.8 Å². The van der Waals surface area contributed by atoms with Gasteiger partial charge in [0, 0.05) is 10.7 Å². The molecule has 0 saturated carbocycles. The number of rotatable bonds is 9. The number of ether oxygens (including phenoxy) is 1. The third kappa shape index (κ3) is 7.28. The number of hydrogen-bond acceptors (Lipinski definition) is 3. The molecular weight excluding hydrogens is 342 g/mol. The number of unbranched alkanes of at least 4 members (excludes halogenated alkanes) is 1. The van der Waals surface area contributed by atoms with Crippen molar-refractivity contribution in [1.29, 1.82) is 0 Å². The molecule has 1 N–H and O–H groups in total. The van der Waals surface area contributed by atoms with Crippen molar-refractivity contribution < 1.29 is 9.53 Å². The maximum atomic E-state index is 11.9. The summed E-state index contributed by atoms with van der Waals surface area (Å²) in [5.41, 5.74) is 2.00. The van der Waals surface area contributed by atoms with E-state index in [1.165, 1.54) is 0 Å². The predicted octanol–water partition coefficient (Wildman–Crippen LogP) is 5.18. The highest BCUT2D eigenvalue weighted by molar-refractivity contribution is 7.99. The lowest BCUT2D eigenvalue weighted by molar-refractivity contribution is -0.113. The molecule has 0 aliphatic heterocycles. The number of hydrogen-bond donors (Lipinski definition) is 1. The second-order valence-electron chi connectivity index (χ2n) is 5.48. The second kappa shape index (κ2) is 10.3. The van der Waals surface area contributed by atoms with Crippen molar-refractivity contribution >= 4 is 35.0 Å². The lowest BCUT2D eigenvalue weighted by atomic mass is 10.2. The molecule has 0 radical (unpaired) electrons. The Balaban J connectivity index is 1.51. The van der Waals surface area contributed by atoms with Gasteiger partial charge in [-0.05, 0) is 67.5 Å². The standard InChI is InChI=1S/C19H22ClNO2S/c1-15-5-4-6-17(13-15)21-19(22)14-24-12-3-2-11-23-18-9-7-16(20)8-10-18/h4-10,13H,2-3,11-12,14H2,1H3,(H,21,22). The van der Waals surface area contributed by atoms with Crippen molar-refractivity contribution in [2.24, 2.45) is 0 Å². The van der Waals surface area contributed by atoms with Crippen molar-refractivity contribution in [3.8, 4) is 5.75 Å². The fourth-order valence-electron chi connectivity index (χ4n) is 2.11. The Bertz CT molecular complexity index is 646. The average molecular weight is 364 g/mol. The van der Waals surface area contributed by atoms with E-state index in [1.807, 2.05) is 55.5 Å². The van der Waals surface area contributed by atoms with Crippen molar-refractivity contribution in [2.75, 3.05) is 23.4 Å². The zero-order valence-electron chi connectivity index (χ0n) is 13.8. The predicted molar refractivity (Wildman–Crippen MR) is 103 cm³/mol. The zero-order chi connectivity index (χ0) is 17.2. The van der Waals surface area contributed by atoms with Gasteiger partial charge < -0.3 is 10.1 Å². The minimum absolute atomic E-state index is 0.0445. The van der Waals surface area contributed by atoms with Crippen LogP contribution in [0.25, 0.3) is 0 Å². The van der Waals surface area contributed by atoms with E-state index in [9.17, 15) is 4.79 Å². The summed E-state index contributed by atoms with van der Waals surface area (Å²) < 4.78 is 5.63. The third-order valence-electron chi connectivity index (χ3n) is 3.30. The van der Waals surface area contributed by atoms with Crippen LogP contribution in [-0.4, -0.2) is 24.0 Å². The summed E-state index contributed by atoms with van der Waals surface area (Å²) in [5.74, 6) is 2.31. The molecule has 0 atom stereocenters. The molecule has 0 spiro atoms. The summed E-state index contributed by atoms with van der Waals surface area (Å²) in [4.78, 5) is 11.9. The van der Waals surface area contributed by atoms with Gasteiger partial charge in [0.05, 0.1) is 12.4 Å². The Morgan fingerprint density at radius 2 is 1.96 bits per heavy atom. The van der Waals surface area contributed by atoms with Gasteiger partial charge >= 0.3 is 0 Å². The number of nitrogens with one attached hydrogen (secondary N) is 1. The largest absolute Gasteiger partial charge is 0.494 e. The molecule has 0 bridgehead atoms. The number of thioether (sulfide) groups is 1. The molecule has 0 heterocycles. The van der Waals surface area contributed by atoms with Crippen molar-refractivity contribution in [3.05, 3.63) is 59.1 Å². The first-order valence-electron chi connectivity index (χ1n) is 7.96. The molecule has 5 heteroatoms. The third-order valence-corrected chi connectivity index (χ3v) is 4.60. The van der Waals surface area contributed by atoms with Gasteiger partial charge in [0.25, 0.3) is 0 Å². The van der Waals surface area contributed by atoms with Crippen LogP contribution < -0.4 is 10.1 Å². The molecule has 0 saturated heterocycles. The maximum absolute atomic E-state index is 11.9. The summed E-state index contributed by atoms with van der Waals surface area (Å²) in [7, 11) is 0.